The Hall–Kier alpha value is -1.04. The van der Waals surface area contributed by atoms with Crippen LogP contribution in [0.15, 0.2) is 34.7 Å². The minimum Gasteiger partial charge on any atom is -0.460 e. The molecule has 1 fully saturated rings. The van der Waals surface area contributed by atoms with Crippen LogP contribution in [0.3, 0.4) is 0 Å². The summed E-state index contributed by atoms with van der Waals surface area (Å²) >= 11 is 12.2. The Balaban J connectivity index is 1.63. The Morgan fingerprint density at radius 3 is 2.68 bits per heavy atom. The van der Waals surface area contributed by atoms with Crippen LogP contribution in [0.5, 0.6) is 0 Å². The molecule has 1 aromatic heterocycles. The summed E-state index contributed by atoms with van der Waals surface area (Å²) < 4.78 is 11.0. The van der Waals surface area contributed by atoms with Crippen LogP contribution in [0, 0.1) is 5.41 Å². The topological polar surface area (TPSA) is 54.6 Å². The van der Waals surface area contributed by atoms with E-state index < -0.39 is 0 Å². The van der Waals surface area contributed by atoms with Crippen molar-refractivity contribution in [1.29, 1.82) is 0 Å². The molecule has 118 valence electrons. The number of hydrogen-bond donors (Lipinski definition) is 2. The highest BCUT2D eigenvalue weighted by molar-refractivity contribution is 6.43. The van der Waals surface area contributed by atoms with Crippen LogP contribution in [0.2, 0.25) is 10.0 Å². The van der Waals surface area contributed by atoms with Crippen molar-refractivity contribution in [2.24, 2.45) is 5.41 Å². The average Bonchev–Trinajstić information content (AvgIpc) is 2.93. The number of aliphatic hydroxyl groups excluding tert-OH is 1. The number of benzene rings is 1. The number of hydrogen-bond acceptors (Lipinski definition) is 4. The van der Waals surface area contributed by atoms with Gasteiger partial charge in [0.2, 0.25) is 0 Å². The van der Waals surface area contributed by atoms with E-state index in [9.17, 15) is 5.11 Å². The Bertz CT molecular complexity index is 647. The summed E-state index contributed by atoms with van der Waals surface area (Å²) in [6.07, 6.45) is 0. The zero-order chi connectivity index (χ0) is 15.6. The molecule has 2 N–H and O–H groups in total. The van der Waals surface area contributed by atoms with Gasteiger partial charge in [-0.15, -0.1) is 0 Å². The summed E-state index contributed by atoms with van der Waals surface area (Å²) in [5, 5.41) is 13.7. The van der Waals surface area contributed by atoms with E-state index in [0.29, 0.717) is 42.1 Å². The van der Waals surface area contributed by atoms with Gasteiger partial charge >= 0.3 is 0 Å². The molecule has 0 radical (unpaired) electrons. The molecule has 2 heterocycles. The first kappa shape index (κ1) is 15.8. The highest BCUT2D eigenvalue weighted by Crippen LogP contribution is 2.34. The first-order valence-corrected chi connectivity index (χ1v) is 7.82. The zero-order valence-corrected chi connectivity index (χ0v) is 13.5. The van der Waals surface area contributed by atoms with Gasteiger partial charge in [0, 0.05) is 12.1 Å². The van der Waals surface area contributed by atoms with Gasteiger partial charge in [-0.1, -0.05) is 29.3 Å². The third-order valence-corrected chi connectivity index (χ3v) is 4.65. The lowest BCUT2D eigenvalue weighted by Crippen LogP contribution is -2.52. The molecular weight excluding hydrogens is 325 g/mol. The molecule has 0 amide bonds. The normalized spacial score (nSPS) is 16.5. The highest BCUT2D eigenvalue weighted by atomic mass is 35.5. The van der Waals surface area contributed by atoms with E-state index in [4.69, 9.17) is 32.4 Å². The summed E-state index contributed by atoms with van der Waals surface area (Å²) in [5.74, 6) is 1.49. The van der Waals surface area contributed by atoms with Crippen molar-refractivity contribution >= 4 is 23.2 Å². The lowest BCUT2D eigenvalue weighted by Gasteiger charge is -2.39. The Labute approximate surface area is 139 Å². The summed E-state index contributed by atoms with van der Waals surface area (Å²) in [4.78, 5) is 0. The number of nitrogens with one attached hydrogen (secondary N) is 1. The van der Waals surface area contributed by atoms with Crippen molar-refractivity contribution in [2.75, 3.05) is 26.4 Å². The number of aliphatic hydroxyl groups is 1. The standard InChI is InChI=1S/C16H17Cl2NO3/c17-13-3-1-2-12(15(13)18)14-5-4-11(22-14)6-19-7-16(8-20)9-21-10-16/h1-5,19-20H,6-10H2. The maximum atomic E-state index is 9.37. The Morgan fingerprint density at radius 1 is 1.18 bits per heavy atom. The molecule has 0 bridgehead atoms. The van der Waals surface area contributed by atoms with E-state index in [1.54, 1.807) is 6.07 Å². The third-order valence-electron chi connectivity index (χ3n) is 3.83. The first-order valence-electron chi connectivity index (χ1n) is 7.06. The average molecular weight is 342 g/mol. The molecule has 0 unspecified atom stereocenters. The van der Waals surface area contributed by atoms with Gasteiger partial charge in [0.15, 0.2) is 0 Å². The van der Waals surface area contributed by atoms with Crippen molar-refractivity contribution in [3.05, 3.63) is 46.1 Å². The summed E-state index contributed by atoms with van der Waals surface area (Å²) in [5.41, 5.74) is 0.630. The molecule has 1 aliphatic heterocycles. The maximum Gasteiger partial charge on any atom is 0.135 e. The summed E-state index contributed by atoms with van der Waals surface area (Å²) in [7, 11) is 0. The van der Waals surface area contributed by atoms with Crippen LogP contribution in [-0.2, 0) is 11.3 Å². The number of rotatable bonds is 6. The van der Waals surface area contributed by atoms with Crippen LogP contribution in [-0.4, -0.2) is 31.5 Å². The molecule has 0 atom stereocenters. The van der Waals surface area contributed by atoms with Gasteiger partial charge in [0.1, 0.15) is 11.5 Å². The lowest BCUT2D eigenvalue weighted by atomic mass is 9.87. The predicted octanol–water partition coefficient (Wildman–Crippen LogP) is 3.35. The fourth-order valence-electron chi connectivity index (χ4n) is 2.40. The largest absolute Gasteiger partial charge is 0.460 e. The van der Waals surface area contributed by atoms with E-state index in [1.165, 1.54) is 0 Å². The number of ether oxygens (including phenoxy) is 1. The minimum atomic E-state index is -0.147. The second kappa shape index (κ2) is 6.60. The van der Waals surface area contributed by atoms with Crippen molar-refractivity contribution in [1.82, 2.24) is 5.32 Å². The second-order valence-electron chi connectivity index (χ2n) is 5.62. The van der Waals surface area contributed by atoms with Gasteiger partial charge in [-0.25, -0.2) is 0 Å². The van der Waals surface area contributed by atoms with Gasteiger partial charge in [-0.05, 0) is 24.3 Å². The van der Waals surface area contributed by atoms with E-state index >= 15 is 0 Å². The predicted molar refractivity (Wildman–Crippen MR) is 86.2 cm³/mol. The minimum absolute atomic E-state index is 0.127. The Kier molecular flexibility index (Phi) is 4.76. The molecular formula is C16H17Cl2NO3. The molecule has 0 spiro atoms. The molecule has 6 heteroatoms. The molecule has 4 nitrogen and oxygen atoms in total. The van der Waals surface area contributed by atoms with E-state index in [2.05, 4.69) is 5.32 Å². The quantitative estimate of drug-likeness (QED) is 0.845. The second-order valence-corrected chi connectivity index (χ2v) is 6.41. The molecule has 1 aliphatic rings. The third kappa shape index (κ3) is 3.16. The highest BCUT2D eigenvalue weighted by Gasteiger charge is 2.37. The molecule has 22 heavy (non-hydrogen) atoms. The number of halogens is 2. The number of furan rings is 1. The van der Waals surface area contributed by atoms with Crippen molar-refractivity contribution in [3.8, 4) is 11.3 Å². The van der Waals surface area contributed by atoms with Crippen LogP contribution in [0.25, 0.3) is 11.3 Å². The monoisotopic (exact) mass is 341 g/mol. The molecule has 2 aromatic rings. The molecule has 0 aliphatic carbocycles. The van der Waals surface area contributed by atoms with Gasteiger partial charge in [-0.3, -0.25) is 0 Å². The molecule has 0 saturated carbocycles. The van der Waals surface area contributed by atoms with Crippen molar-refractivity contribution in [2.45, 2.75) is 6.54 Å². The zero-order valence-electron chi connectivity index (χ0n) is 11.9. The van der Waals surface area contributed by atoms with E-state index in [-0.39, 0.29) is 12.0 Å². The lowest BCUT2D eigenvalue weighted by molar-refractivity contribution is -0.134. The Morgan fingerprint density at radius 2 is 2.00 bits per heavy atom. The maximum absolute atomic E-state index is 9.37. The van der Waals surface area contributed by atoms with Crippen molar-refractivity contribution in [3.63, 3.8) is 0 Å². The summed E-state index contributed by atoms with van der Waals surface area (Å²) in [6, 6.07) is 9.24. The smallest absolute Gasteiger partial charge is 0.135 e. The molecule has 1 aromatic carbocycles. The molecule has 3 rings (SSSR count). The van der Waals surface area contributed by atoms with Gasteiger partial charge in [0.05, 0.1) is 41.8 Å². The van der Waals surface area contributed by atoms with E-state index in [0.717, 1.165) is 11.3 Å². The van der Waals surface area contributed by atoms with Crippen molar-refractivity contribution < 1.29 is 14.3 Å². The fraction of sp³-hybridized carbons (Fsp3) is 0.375. The van der Waals surface area contributed by atoms with Gasteiger partial charge < -0.3 is 19.6 Å². The SMILES string of the molecule is OCC1(CNCc2ccc(-c3cccc(Cl)c3Cl)o2)COC1. The van der Waals surface area contributed by atoms with E-state index in [1.807, 2.05) is 24.3 Å². The van der Waals surface area contributed by atoms with Crippen LogP contribution < -0.4 is 5.32 Å². The van der Waals surface area contributed by atoms with Gasteiger partial charge in [0.25, 0.3) is 0 Å². The first-order chi connectivity index (χ1) is 10.6. The summed E-state index contributed by atoms with van der Waals surface area (Å²) in [6.45, 7) is 2.59. The van der Waals surface area contributed by atoms with Crippen LogP contribution in [0.1, 0.15) is 5.76 Å². The van der Waals surface area contributed by atoms with Crippen LogP contribution >= 0.6 is 23.2 Å². The van der Waals surface area contributed by atoms with Crippen LogP contribution in [0.4, 0.5) is 0 Å². The molecule has 1 saturated heterocycles. The van der Waals surface area contributed by atoms with Gasteiger partial charge in [-0.2, -0.15) is 0 Å². The fourth-order valence-corrected chi connectivity index (χ4v) is 2.80.